The standard InChI is InChI=1S/C31H22F2N2O5/c32-21-7-11-23(12-8-21)38-18-29(36)39-24-13-14-25-28(15-24)40-31(35)26(16-34)30(25)19-5-9-22(10-6-19)37-17-20-3-1-2-4-27(20)33/h1-15,30H,17-18,35H2. The van der Waals surface area contributed by atoms with E-state index in [1.54, 1.807) is 54.6 Å². The molecule has 5 rings (SSSR count). The number of benzene rings is 4. The summed E-state index contributed by atoms with van der Waals surface area (Å²) in [6.07, 6.45) is 0. The number of hydrogen-bond acceptors (Lipinski definition) is 7. The van der Waals surface area contributed by atoms with Crippen molar-refractivity contribution in [2.24, 2.45) is 5.73 Å². The third-order valence-corrected chi connectivity index (χ3v) is 6.16. The van der Waals surface area contributed by atoms with Gasteiger partial charge in [0.1, 0.15) is 52.9 Å². The zero-order chi connectivity index (χ0) is 28.1. The second-order valence-corrected chi connectivity index (χ2v) is 8.79. The Labute approximate surface area is 228 Å². The molecule has 0 saturated heterocycles. The van der Waals surface area contributed by atoms with Gasteiger partial charge < -0.3 is 24.7 Å². The van der Waals surface area contributed by atoms with Crippen LogP contribution in [-0.2, 0) is 11.4 Å². The van der Waals surface area contributed by atoms with Crippen LogP contribution in [0.5, 0.6) is 23.0 Å². The lowest BCUT2D eigenvalue weighted by Crippen LogP contribution is -2.21. The van der Waals surface area contributed by atoms with Crippen molar-refractivity contribution in [3.8, 4) is 29.1 Å². The average molecular weight is 541 g/mol. The van der Waals surface area contributed by atoms with Gasteiger partial charge in [0.15, 0.2) is 6.61 Å². The first-order chi connectivity index (χ1) is 19.4. The molecule has 0 amide bonds. The SMILES string of the molecule is N#CC1=C(N)Oc2cc(OC(=O)COc3ccc(F)cc3)ccc2C1c1ccc(OCc2ccccc2F)cc1. The summed E-state index contributed by atoms with van der Waals surface area (Å²) in [5.41, 5.74) is 8.14. The minimum Gasteiger partial charge on any atom is -0.489 e. The number of nitriles is 1. The molecule has 0 radical (unpaired) electrons. The lowest BCUT2D eigenvalue weighted by molar-refractivity contribution is -0.136. The molecule has 0 bridgehead atoms. The van der Waals surface area contributed by atoms with E-state index in [9.17, 15) is 18.8 Å². The van der Waals surface area contributed by atoms with E-state index in [0.29, 0.717) is 28.4 Å². The molecule has 0 saturated carbocycles. The first-order valence-electron chi connectivity index (χ1n) is 12.2. The Morgan fingerprint density at radius 3 is 2.30 bits per heavy atom. The predicted molar refractivity (Wildman–Crippen MR) is 140 cm³/mol. The molecule has 1 unspecified atom stereocenters. The molecule has 1 aliphatic heterocycles. The van der Waals surface area contributed by atoms with E-state index in [1.807, 2.05) is 0 Å². The first-order valence-corrected chi connectivity index (χ1v) is 12.2. The second kappa shape index (κ2) is 11.6. The fraction of sp³-hybridized carbons (Fsp3) is 0.0968. The van der Waals surface area contributed by atoms with Gasteiger partial charge in [-0.1, -0.05) is 36.4 Å². The number of nitrogens with two attached hydrogens (primary N) is 1. The van der Waals surface area contributed by atoms with E-state index in [0.717, 1.165) is 5.56 Å². The molecular weight excluding hydrogens is 518 g/mol. The van der Waals surface area contributed by atoms with Crippen LogP contribution in [0, 0.1) is 23.0 Å². The van der Waals surface area contributed by atoms with Gasteiger partial charge in [0.05, 0.1) is 5.92 Å². The van der Waals surface area contributed by atoms with Gasteiger partial charge >= 0.3 is 5.97 Å². The van der Waals surface area contributed by atoms with E-state index < -0.39 is 24.3 Å². The number of nitrogens with zero attached hydrogens (tertiary/aromatic N) is 1. The molecule has 0 spiro atoms. The van der Waals surface area contributed by atoms with Crippen LogP contribution in [0.15, 0.2) is 102 Å². The van der Waals surface area contributed by atoms with Crippen LogP contribution >= 0.6 is 0 Å². The fourth-order valence-corrected chi connectivity index (χ4v) is 4.21. The highest BCUT2D eigenvalue weighted by molar-refractivity contribution is 5.74. The van der Waals surface area contributed by atoms with Gasteiger partial charge in [0, 0.05) is 17.2 Å². The van der Waals surface area contributed by atoms with Crippen molar-refractivity contribution in [2.45, 2.75) is 12.5 Å². The van der Waals surface area contributed by atoms with Gasteiger partial charge in [0.2, 0.25) is 5.88 Å². The number of carbonyl (C=O) groups is 1. The van der Waals surface area contributed by atoms with Gasteiger partial charge in [-0.15, -0.1) is 0 Å². The van der Waals surface area contributed by atoms with Crippen LogP contribution in [0.3, 0.4) is 0 Å². The van der Waals surface area contributed by atoms with Crippen molar-refractivity contribution >= 4 is 5.97 Å². The number of allylic oxidation sites excluding steroid dienone is 1. The zero-order valence-corrected chi connectivity index (χ0v) is 21.0. The number of rotatable bonds is 8. The Bertz CT molecular complexity index is 1610. The van der Waals surface area contributed by atoms with E-state index in [2.05, 4.69) is 6.07 Å². The maximum absolute atomic E-state index is 13.9. The molecule has 0 aromatic heterocycles. The number of esters is 1. The topological polar surface area (TPSA) is 104 Å². The number of hydrogen-bond donors (Lipinski definition) is 1. The monoisotopic (exact) mass is 540 g/mol. The minimum atomic E-state index is -0.677. The molecule has 1 aliphatic rings. The van der Waals surface area contributed by atoms with Crippen LogP contribution in [0.2, 0.25) is 0 Å². The van der Waals surface area contributed by atoms with E-state index >= 15 is 0 Å². The third-order valence-electron chi connectivity index (χ3n) is 6.16. The van der Waals surface area contributed by atoms with Crippen molar-refractivity contribution in [1.29, 1.82) is 5.26 Å². The molecule has 0 aliphatic carbocycles. The Balaban J connectivity index is 1.30. The largest absolute Gasteiger partial charge is 0.489 e. The van der Waals surface area contributed by atoms with Gasteiger partial charge in [-0.3, -0.25) is 0 Å². The van der Waals surface area contributed by atoms with Crippen LogP contribution < -0.4 is 24.7 Å². The van der Waals surface area contributed by atoms with Gasteiger partial charge in [-0.2, -0.15) is 5.26 Å². The first kappa shape index (κ1) is 26.3. The third kappa shape index (κ3) is 5.87. The second-order valence-electron chi connectivity index (χ2n) is 8.79. The Hall–Kier alpha value is -5.36. The maximum Gasteiger partial charge on any atom is 0.349 e. The van der Waals surface area contributed by atoms with Crippen molar-refractivity contribution < 1.29 is 32.5 Å². The van der Waals surface area contributed by atoms with Gasteiger partial charge in [-0.05, 0) is 54.1 Å². The molecule has 4 aromatic carbocycles. The molecule has 40 heavy (non-hydrogen) atoms. The summed E-state index contributed by atoms with van der Waals surface area (Å²) in [5, 5.41) is 9.82. The highest BCUT2D eigenvalue weighted by atomic mass is 19.1. The lowest BCUT2D eigenvalue weighted by atomic mass is 9.83. The molecule has 9 heteroatoms. The number of fused-ring (bicyclic) bond motifs is 1. The summed E-state index contributed by atoms with van der Waals surface area (Å²) < 4.78 is 49.0. The highest BCUT2D eigenvalue weighted by Crippen LogP contribution is 2.43. The summed E-state index contributed by atoms with van der Waals surface area (Å²) in [6.45, 7) is -0.322. The number of ether oxygens (including phenoxy) is 4. The van der Waals surface area contributed by atoms with E-state index in [-0.39, 0.29) is 29.6 Å². The number of carbonyl (C=O) groups excluding carboxylic acids is 1. The molecular formula is C31H22F2N2O5. The average Bonchev–Trinajstić information content (AvgIpc) is 2.96. The predicted octanol–water partition coefficient (Wildman–Crippen LogP) is 5.75. The Morgan fingerprint density at radius 2 is 1.57 bits per heavy atom. The van der Waals surface area contributed by atoms with Crippen LogP contribution in [-0.4, -0.2) is 12.6 Å². The zero-order valence-electron chi connectivity index (χ0n) is 21.0. The van der Waals surface area contributed by atoms with E-state index in [1.165, 1.54) is 36.4 Å². The van der Waals surface area contributed by atoms with Crippen LogP contribution in [0.4, 0.5) is 8.78 Å². The van der Waals surface area contributed by atoms with Crippen molar-refractivity contribution in [3.63, 3.8) is 0 Å². The molecule has 200 valence electrons. The van der Waals surface area contributed by atoms with Crippen molar-refractivity contribution in [2.75, 3.05) is 6.61 Å². The summed E-state index contributed by atoms with van der Waals surface area (Å²) in [5.74, 6) is -0.684. The molecule has 0 fully saturated rings. The quantitative estimate of drug-likeness (QED) is 0.224. The molecule has 4 aromatic rings. The van der Waals surface area contributed by atoms with Crippen molar-refractivity contribution in [1.82, 2.24) is 0 Å². The highest BCUT2D eigenvalue weighted by Gasteiger charge is 2.31. The normalized spacial score (nSPS) is 14.0. The van der Waals surface area contributed by atoms with Crippen LogP contribution in [0.1, 0.15) is 22.6 Å². The molecule has 7 nitrogen and oxygen atoms in total. The summed E-state index contributed by atoms with van der Waals surface area (Å²) in [7, 11) is 0. The summed E-state index contributed by atoms with van der Waals surface area (Å²) in [6, 6.07) is 25.6. The molecule has 1 heterocycles. The summed E-state index contributed by atoms with van der Waals surface area (Å²) >= 11 is 0. The number of halogens is 2. The summed E-state index contributed by atoms with van der Waals surface area (Å²) in [4.78, 5) is 12.3. The van der Waals surface area contributed by atoms with Crippen molar-refractivity contribution in [3.05, 3.63) is 131 Å². The molecule has 2 N–H and O–H groups in total. The minimum absolute atomic E-state index is 0.0667. The Morgan fingerprint density at radius 1 is 0.900 bits per heavy atom. The fourth-order valence-electron chi connectivity index (χ4n) is 4.21. The smallest absolute Gasteiger partial charge is 0.349 e. The molecule has 1 atom stereocenters. The van der Waals surface area contributed by atoms with Crippen LogP contribution in [0.25, 0.3) is 0 Å². The van der Waals surface area contributed by atoms with E-state index in [4.69, 9.17) is 24.7 Å². The lowest BCUT2D eigenvalue weighted by Gasteiger charge is -2.26. The Kier molecular flexibility index (Phi) is 7.60. The van der Waals surface area contributed by atoms with Gasteiger partial charge in [-0.25, -0.2) is 13.6 Å². The maximum atomic E-state index is 13.9. The van der Waals surface area contributed by atoms with Gasteiger partial charge in [0.25, 0.3) is 0 Å².